The van der Waals surface area contributed by atoms with Gasteiger partial charge in [0.1, 0.15) is 0 Å². The number of likely N-dealkylation sites (N-methyl/N-ethyl adjacent to an activating group) is 1. The molecule has 0 aliphatic heterocycles. The van der Waals surface area contributed by atoms with Crippen LogP contribution in [0.5, 0.6) is 0 Å². The van der Waals surface area contributed by atoms with Crippen LogP contribution < -0.4 is 10.6 Å². The van der Waals surface area contributed by atoms with Crippen LogP contribution in [0, 0.1) is 0 Å². The lowest BCUT2D eigenvalue weighted by atomic mass is 10.1. The van der Waals surface area contributed by atoms with E-state index in [4.69, 9.17) is 0 Å². The molecule has 1 aromatic carbocycles. The van der Waals surface area contributed by atoms with Gasteiger partial charge in [0.2, 0.25) is 0 Å². The van der Waals surface area contributed by atoms with Crippen LogP contribution in [0.1, 0.15) is 12.5 Å². The molecule has 2 N–H and O–H groups in total. The van der Waals surface area contributed by atoms with Gasteiger partial charge in [-0.25, -0.2) is 0 Å². The number of pyridine rings is 1. The Morgan fingerprint density at radius 2 is 2.06 bits per heavy atom. The van der Waals surface area contributed by atoms with E-state index in [9.17, 15) is 0 Å². The van der Waals surface area contributed by atoms with Crippen LogP contribution in [-0.2, 0) is 6.54 Å². The Balaban J connectivity index is 2.13. The van der Waals surface area contributed by atoms with Crippen molar-refractivity contribution in [1.29, 1.82) is 0 Å². The first-order chi connectivity index (χ1) is 8.31. The van der Waals surface area contributed by atoms with E-state index in [0.29, 0.717) is 6.04 Å². The molecular formula is C14H19N3. The largest absolute Gasteiger partial charge is 0.318 e. The summed E-state index contributed by atoms with van der Waals surface area (Å²) in [6, 6.07) is 10.8. The minimum absolute atomic E-state index is 0.465. The number of hydrogen-bond acceptors (Lipinski definition) is 3. The van der Waals surface area contributed by atoms with Crippen LogP contribution in [-0.4, -0.2) is 24.6 Å². The molecule has 1 unspecified atom stereocenters. The van der Waals surface area contributed by atoms with Gasteiger partial charge in [0.15, 0.2) is 0 Å². The van der Waals surface area contributed by atoms with Gasteiger partial charge in [-0.1, -0.05) is 18.2 Å². The maximum Gasteiger partial charge on any atom is 0.0705 e. The molecule has 1 aromatic heterocycles. The molecule has 2 rings (SSSR count). The molecule has 0 aliphatic rings. The number of aromatic nitrogens is 1. The van der Waals surface area contributed by atoms with Gasteiger partial charge in [0.25, 0.3) is 0 Å². The van der Waals surface area contributed by atoms with Crippen molar-refractivity contribution in [3.63, 3.8) is 0 Å². The van der Waals surface area contributed by atoms with Crippen LogP contribution in [0.2, 0.25) is 0 Å². The molecule has 0 bridgehead atoms. The molecule has 1 heterocycles. The van der Waals surface area contributed by atoms with Gasteiger partial charge in [-0.15, -0.1) is 0 Å². The van der Waals surface area contributed by atoms with E-state index in [1.54, 1.807) is 0 Å². The summed E-state index contributed by atoms with van der Waals surface area (Å²) in [7, 11) is 1.97. The van der Waals surface area contributed by atoms with E-state index >= 15 is 0 Å². The van der Waals surface area contributed by atoms with Crippen molar-refractivity contribution in [2.75, 3.05) is 13.6 Å². The molecule has 17 heavy (non-hydrogen) atoms. The highest BCUT2D eigenvalue weighted by Gasteiger charge is 2.03. The zero-order valence-electron chi connectivity index (χ0n) is 10.4. The van der Waals surface area contributed by atoms with E-state index < -0.39 is 0 Å². The van der Waals surface area contributed by atoms with Gasteiger partial charge in [-0.3, -0.25) is 4.98 Å². The van der Waals surface area contributed by atoms with E-state index in [2.05, 4.69) is 46.8 Å². The fraction of sp³-hybridized carbons (Fsp3) is 0.357. The monoisotopic (exact) mass is 229 g/mol. The molecule has 0 radical (unpaired) electrons. The fourth-order valence-corrected chi connectivity index (χ4v) is 1.97. The lowest BCUT2D eigenvalue weighted by molar-refractivity contribution is 0.524. The number of hydrogen-bond donors (Lipinski definition) is 2. The maximum absolute atomic E-state index is 4.37. The van der Waals surface area contributed by atoms with E-state index in [1.807, 2.05) is 19.3 Å². The standard InChI is InChI=1S/C14H19N3/c1-11(9-15-2)17-10-12-7-8-16-14-6-4-3-5-13(12)14/h3-8,11,15,17H,9-10H2,1-2H3. The quantitative estimate of drug-likeness (QED) is 0.822. The summed E-state index contributed by atoms with van der Waals surface area (Å²) < 4.78 is 0. The van der Waals surface area contributed by atoms with Crippen LogP contribution in [0.15, 0.2) is 36.5 Å². The lowest BCUT2D eigenvalue weighted by Gasteiger charge is -2.14. The highest BCUT2D eigenvalue weighted by molar-refractivity contribution is 5.81. The molecule has 0 fully saturated rings. The predicted molar refractivity (Wildman–Crippen MR) is 72.0 cm³/mol. The van der Waals surface area contributed by atoms with E-state index in [0.717, 1.165) is 18.6 Å². The predicted octanol–water partition coefficient (Wildman–Crippen LogP) is 1.93. The average molecular weight is 229 g/mol. The average Bonchev–Trinajstić information content (AvgIpc) is 2.36. The number of rotatable bonds is 5. The lowest BCUT2D eigenvalue weighted by Crippen LogP contribution is -2.34. The number of fused-ring (bicyclic) bond motifs is 1. The second-order valence-corrected chi connectivity index (χ2v) is 4.33. The van der Waals surface area contributed by atoms with Crippen molar-refractivity contribution in [3.05, 3.63) is 42.1 Å². The minimum atomic E-state index is 0.465. The van der Waals surface area contributed by atoms with Crippen molar-refractivity contribution < 1.29 is 0 Å². The summed E-state index contributed by atoms with van der Waals surface area (Å²) in [4.78, 5) is 4.37. The Labute approximate surface area is 102 Å². The zero-order chi connectivity index (χ0) is 12.1. The Kier molecular flexibility index (Phi) is 4.07. The summed E-state index contributed by atoms with van der Waals surface area (Å²) >= 11 is 0. The molecule has 0 aliphatic carbocycles. The van der Waals surface area contributed by atoms with Crippen LogP contribution in [0.25, 0.3) is 10.9 Å². The molecule has 1 atom stereocenters. The van der Waals surface area contributed by atoms with Crippen molar-refractivity contribution in [1.82, 2.24) is 15.6 Å². The Hall–Kier alpha value is -1.45. The van der Waals surface area contributed by atoms with Gasteiger partial charge < -0.3 is 10.6 Å². The van der Waals surface area contributed by atoms with Crippen LogP contribution in [0.4, 0.5) is 0 Å². The second kappa shape index (κ2) is 5.75. The molecule has 0 saturated carbocycles. The zero-order valence-corrected chi connectivity index (χ0v) is 10.4. The summed E-state index contributed by atoms with van der Waals surface area (Å²) in [6.07, 6.45) is 1.88. The Bertz CT molecular complexity index is 476. The Morgan fingerprint density at radius 1 is 1.24 bits per heavy atom. The van der Waals surface area contributed by atoms with E-state index in [-0.39, 0.29) is 0 Å². The first-order valence-corrected chi connectivity index (χ1v) is 6.02. The first-order valence-electron chi connectivity index (χ1n) is 6.02. The van der Waals surface area contributed by atoms with Gasteiger partial charge in [0.05, 0.1) is 5.52 Å². The molecular weight excluding hydrogens is 210 g/mol. The molecule has 3 nitrogen and oxygen atoms in total. The van der Waals surface area contributed by atoms with Crippen molar-refractivity contribution in [2.45, 2.75) is 19.5 Å². The van der Waals surface area contributed by atoms with Crippen LogP contribution in [0.3, 0.4) is 0 Å². The minimum Gasteiger partial charge on any atom is -0.318 e. The molecule has 90 valence electrons. The second-order valence-electron chi connectivity index (χ2n) is 4.33. The van der Waals surface area contributed by atoms with Gasteiger partial charge in [-0.05, 0) is 31.7 Å². The number of benzene rings is 1. The number of nitrogens with one attached hydrogen (secondary N) is 2. The first kappa shape index (κ1) is 12.0. The summed E-state index contributed by atoms with van der Waals surface area (Å²) in [5.74, 6) is 0. The molecule has 2 aromatic rings. The van der Waals surface area contributed by atoms with Crippen molar-refractivity contribution >= 4 is 10.9 Å². The number of para-hydroxylation sites is 1. The van der Waals surface area contributed by atoms with Gasteiger partial charge >= 0.3 is 0 Å². The topological polar surface area (TPSA) is 37.0 Å². The van der Waals surface area contributed by atoms with Crippen molar-refractivity contribution in [3.8, 4) is 0 Å². The van der Waals surface area contributed by atoms with Gasteiger partial charge in [0, 0.05) is 30.7 Å². The summed E-state index contributed by atoms with van der Waals surface area (Å²) in [5, 5.41) is 7.90. The summed E-state index contributed by atoms with van der Waals surface area (Å²) in [6.45, 7) is 4.04. The fourth-order valence-electron chi connectivity index (χ4n) is 1.97. The summed E-state index contributed by atoms with van der Waals surface area (Å²) in [5.41, 5.74) is 2.37. The van der Waals surface area contributed by atoms with E-state index in [1.165, 1.54) is 10.9 Å². The molecule has 0 spiro atoms. The van der Waals surface area contributed by atoms with Crippen LogP contribution >= 0.6 is 0 Å². The third kappa shape index (κ3) is 3.02. The molecule has 0 amide bonds. The third-order valence-corrected chi connectivity index (χ3v) is 2.89. The highest BCUT2D eigenvalue weighted by atomic mass is 15.0. The third-order valence-electron chi connectivity index (χ3n) is 2.89. The normalized spacial score (nSPS) is 12.8. The SMILES string of the molecule is CNCC(C)NCc1ccnc2ccccc12. The molecule has 0 saturated heterocycles. The van der Waals surface area contributed by atoms with Crippen molar-refractivity contribution in [2.24, 2.45) is 0 Å². The molecule has 3 heteroatoms. The highest BCUT2D eigenvalue weighted by Crippen LogP contribution is 2.15. The Morgan fingerprint density at radius 3 is 2.88 bits per heavy atom. The number of nitrogens with zero attached hydrogens (tertiary/aromatic N) is 1. The smallest absolute Gasteiger partial charge is 0.0705 e. The maximum atomic E-state index is 4.37. The van der Waals surface area contributed by atoms with Gasteiger partial charge in [-0.2, -0.15) is 0 Å².